The molecule has 0 fully saturated rings. The van der Waals surface area contributed by atoms with Gasteiger partial charge in [0.15, 0.2) is 4.91 Å². The van der Waals surface area contributed by atoms with Crippen LogP contribution in [-0.4, -0.2) is 20.5 Å². The minimum absolute atomic E-state index is 0.0131. The summed E-state index contributed by atoms with van der Waals surface area (Å²) in [6.07, 6.45) is 1.22. The smallest absolute Gasteiger partial charge is 0.218 e. The van der Waals surface area contributed by atoms with Gasteiger partial charge >= 0.3 is 0 Å². The Labute approximate surface area is 176 Å². The molecule has 0 aliphatic heterocycles. The van der Waals surface area contributed by atoms with E-state index in [1.165, 1.54) is 35.6 Å². The molecule has 0 amide bonds. The lowest BCUT2D eigenvalue weighted by molar-refractivity contribution is 0.415. The number of methoxy groups -OCH3 is 1. The molecule has 2 aromatic carbocycles. The van der Waals surface area contributed by atoms with Crippen molar-refractivity contribution >= 4 is 50.5 Å². The first-order chi connectivity index (χ1) is 13.3. The molecule has 9 heteroatoms. The highest BCUT2D eigenvalue weighted by Gasteiger charge is 2.24. The zero-order valence-corrected chi connectivity index (χ0v) is 17.5. The van der Waals surface area contributed by atoms with Crippen molar-refractivity contribution in [1.82, 2.24) is 4.98 Å². The standard InChI is InChI=1S/C19H12Cl2N2O3S2/c1-26-15-4-2-3-12(7-15)19-23-14(11-27-19)9-16(10-22)28(24,25)18-8-13(20)5-6-17(18)21/h2-9,11H,1H3/b16-9-. The molecule has 0 radical (unpaired) electrons. The molecule has 0 aliphatic carbocycles. The Morgan fingerprint density at radius 2 is 2.04 bits per heavy atom. The maximum atomic E-state index is 12.8. The zero-order chi connectivity index (χ0) is 20.3. The first-order valence-electron chi connectivity index (χ1n) is 7.77. The van der Waals surface area contributed by atoms with E-state index in [1.54, 1.807) is 18.6 Å². The third-order valence-electron chi connectivity index (χ3n) is 3.70. The molecule has 0 atom stereocenters. The zero-order valence-electron chi connectivity index (χ0n) is 14.4. The number of rotatable bonds is 5. The highest BCUT2D eigenvalue weighted by atomic mass is 35.5. The third-order valence-corrected chi connectivity index (χ3v) is 6.99. The predicted octanol–water partition coefficient (Wildman–Crippen LogP) is 5.46. The maximum Gasteiger partial charge on any atom is 0.218 e. The van der Waals surface area contributed by atoms with Crippen molar-refractivity contribution in [3.05, 3.63) is 68.5 Å². The average molecular weight is 451 g/mol. The lowest BCUT2D eigenvalue weighted by Gasteiger charge is -2.05. The van der Waals surface area contributed by atoms with Crippen LogP contribution in [0.15, 0.2) is 57.6 Å². The Morgan fingerprint density at radius 1 is 1.25 bits per heavy atom. The second-order valence-electron chi connectivity index (χ2n) is 5.51. The number of allylic oxidation sites excluding steroid dienone is 1. The van der Waals surface area contributed by atoms with Crippen LogP contribution < -0.4 is 4.74 Å². The van der Waals surface area contributed by atoms with Crippen molar-refractivity contribution in [1.29, 1.82) is 5.26 Å². The SMILES string of the molecule is COc1cccc(-c2nc(/C=C(/C#N)S(=O)(=O)c3cc(Cl)ccc3Cl)cs2)c1. The van der Waals surface area contributed by atoms with E-state index in [0.29, 0.717) is 16.5 Å². The molecule has 0 aliphatic rings. The number of hydrogen-bond acceptors (Lipinski definition) is 6. The first-order valence-corrected chi connectivity index (χ1v) is 10.9. The van der Waals surface area contributed by atoms with Crippen LogP contribution in [0.3, 0.4) is 0 Å². The van der Waals surface area contributed by atoms with Gasteiger partial charge in [-0.25, -0.2) is 13.4 Å². The van der Waals surface area contributed by atoms with Crippen molar-refractivity contribution < 1.29 is 13.2 Å². The number of thiazole rings is 1. The molecule has 0 saturated carbocycles. The number of nitrogens with zero attached hydrogens (tertiary/aromatic N) is 2. The van der Waals surface area contributed by atoms with Gasteiger partial charge in [0.05, 0.1) is 22.7 Å². The van der Waals surface area contributed by atoms with Gasteiger partial charge in [-0.2, -0.15) is 5.26 Å². The van der Waals surface area contributed by atoms with Crippen LogP contribution in [0.1, 0.15) is 5.69 Å². The summed E-state index contributed by atoms with van der Waals surface area (Å²) in [5.41, 5.74) is 1.17. The number of aromatic nitrogens is 1. The van der Waals surface area contributed by atoms with E-state index < -0.39 is 14.7 Å². The number of halogens is 2. The van der Waals surface area contributed by atoms with E-state index in [2.05, 4.69) is 4.98 Å². The van der Waals surface area contributed by atoms with Crippen LogP contribution in [-0.2, 0) is 9.84 Å². The van der Waals surface area contributed by atoms with E-state index >= 15 is 0 Å². The van der Waals surface area contributed by atoms with Crippen LogP contribution >= 0.6 is 34.5 Å². The van der Waals surface area contributed by atoms with Gasteiger partial charge in [-0.1, -0.05) is 35.3 Å². The maximum absolute atomic E-state index is 12.8. The van der Waals surface area contributed by atoms with Gasteiger partial charge in [0.2, 0.25) is 9.84 Å². The van der Waals surface area contributed by atoms with Crippen LogP contribution in [0.2, 0.25) is 10.0 Å². The minimum Gasteiger partial charge on any atom is -0.497 e. The summed E-state index contributed by atoms with van der Waals surface area (Å²) in [5.74, 6) is 0.681. The Balaban J connectivity index is 2.01. The summed E-state index contributed by atoms with van der Waals surface area (Å²) in [6, 6.07) is 13.1. The van der Waals surface area contributed by atoms with E-state index in [0.717, 1.165) is 5.56 Å². The lowest BCUT2D eigenvalue weighted by Crippen LogP contribution is -2.04. The van der Waals surface area contributed by atoms with E-state index in [-0.39, 0.29) is 14.9 Å². The molecule has 5 nitrogen and oxygen atoms in total. The fourth-order valence-corrected chi connectivity index (χ4v) is 5.02. The molecular weight excluding hydrogens is 439 g/mol. The van der Waals surface area contributed by atoms with E-state index in [4.69, 9.17) is 27.9 Å². The number of benzene rings is 2. The Bertz CT molecular complexity index is 1210. The molecule has 1 heterocycles. The van der Waals surface area contributed by atoms with Crippen molar-refractivity contribution in [3.8, 4) is 22.4 Å². The molecule has 0 N–H and O–H groups in total. The van der Waals surface area contributed by atoms with Gasteiger partial charge in [0, 0.05) is 16.0 Å². The Hall–Kier alpha value is -2.37. The molecule has 0 unspecified atom stereocenters. The van der Waals surface area contributed by atoms with Gasteiger partial charge in [0.25, 0.3) is 0 Å². The monoisotopic (exact) mass is 450 g/mol. The Kier molecular flexibility index (Phi) is 6.06. The van der Waals surface area contributed by atoms with Gasteiger partial charge in [-0.15, -0.1) is 11.3 Å². The molecule has 0 bridgehead atoms. The Morgan fingerprint density at radius 3 is 2.75 bits per heavy atom. The van der Waals surface area contributed by atoms with Crippen LogP contribution in [0, 0.1) is 11.3 Å². The fraction of sp³-hybridized carbons (Fsp3) is 0.0526. The summed E-state index contributed by atoms with van der Waals surface area (Å²) in [4.78, 5) is 3.71. The molecule has 0 saturated heterocycles. The summed E-state index contributed by atoms with van der Waals surface area (Å²) in [5, 5.41) is 11.9. The average Bonchev–Trinajstić information content (AvgIpc) is 3.16. The highest BCUT2D eigenvalue weighted by molar-refractivity contribution is 7.95. The summed E-state index contributed by atoms with van der Waals surface area (Å²) >= 11 is 13.2. The number of ether oxygens (including phenoxy) is 1. The van der Waals surface area contributed by atoms with Crippen molar-refractivity contribution in [2.45, 2.75) is 4.90 Å². The summed E-state index contributed by atoms with van der Waals surface area (Å²) in [6.45, 7) is 0. The third kappa shape index (κ3) is 4.21. The van der Waals surface area contributed by atoms with Crippen LogP contribution in [0.5, 0.6) is 5.75 Å². The molecule has 1 aromatic heterocycles. The quantitative estimate of drug-likeness (QED) is 0.481. The minimum atomic E-state index is -4.14. The molecular formula is C19H12Cl2N2O3S2. The van der Waals surface area contributed by atoms with E-state index in [1.807, 2.05) is 24.3 Å². The van der Waals surface area contributed by atoms with Crippen molar-refractivity contribution in [2.75, 3.05) is 7.11 Å². The van der Waals surface area contributed by atoms with Crippen LogP contribution in [0.4, 0.5) is 0 Å². The van der Waals surface area contributed by atoms with Gasteiger partial charge < -0.3 is 4.74 Å². The van der Waals surface area contributed by atoms with Gasteiger partial charge in [0.1, 0.15) is 16.8 Å². The van der Waals surface area contributed by atoms with Crippen molar-refractivity contribution in [3.63, 3.8) is 0 Å². The van der Waals surface area contributed by atoms with Gasteiger partial charge in [-0.3, -0.25) is 0 Å². The second-order valence-corrected chi connectivity index (χ2v) is 9.10. The molecule has 142 valence electrons. The van der Waals surface area contributed by atoms with Gasteiger partial charge in [-0.05, 0) is 36.4 Å². The number of nitriles is 1. The van der Waals surface area contributed by atoms with Crippen LogP contribution in [0.25, 0.3) is 16.6 Å². The second kappa shape index (κ2) is 8.33. The largest absolute Gasteiger partial charge is 0.497 e. The first kappa shape index (κ1) is 20.4. The predicted molar refractivity (Wildman–Crippen MR) is 111 cm³/mol. The number of sulfone groups is 1. The number of hydrogen-bond donors (Lipinski definition) is 0. The topological polar surface area (TPSA) is 80.0 Å². The molecule has 3 aromatic rings. The van der Waals surface area contributed by atoms with Crippen molar-refractivity contribution in [2.24, 2.45) is 0 Å². The lowest BCUT2D eigenvalue weighted by atomic mass is 10.2. The van der Waals surface area contributed by atoms with E-state index in [9.17, 15) is 13.7 Å². The summed E-state index contributed by atoms with van der Waals surface area (Å²) in [7, 11) is -2.57. The molecule has 3 rings (SSSR count). The normalized spacial score (nSPS) is 11.9. The molecule has 28 heavy (non-hydrogen) atoms. The molecule has 0 spiro atoms. The summed E-state index contributed by atoms with van der Waals surface area (Å²) < 4.78 is 30.9. The highest BCUT2D eigenvalue weighted by Crippen LogP contribution is 2.31. The fourth-order valence-electron chi connectivity index (χ4n) is 2.35.